The zero-order chi connectivity index (χ0) is 10.6. The van der Waals surface area contributed by atoms with Crippen LogP contribution in [0.5, 0.6) is 0 Å². The second-order valence-corrected chi connectivity index (χ2v) is 2.50. The first-order chi connectivity index (χ1) is 6.61. The highest BCUT2D eigenvalue weighted by Gasteiger charge is 2.19. The lowest BCUT2D eigenvalue weighted by Gasteiger charge is -1.92. The van der Waals surface area contributed by atoms with Crippen molar-refractivity contribution in [1.82, 2.24) is 0 Å². The summed E-state index contributed by atoms with van der Waals surface area (Å²) in [6, 6.07) is 8.26. The van der Waals surface area contributed by atoms with Gasteiger partial charge in [0.15, 0.2) is 0 Å². The van der Waals surface area contributed by atoms with E-state index in [-0.39, 0.29) is 0 Å². The fourth-order valence-electron chi connectivity index (χ4n) is 0.900. The van der Waals surface area contributed by atoms with Gasteiger partial charge in [0.25, 0.3) is 0 Å². The molecule has 0 atom stereocenters. The Hall–Kier alpha value is -2.17. The van der Waals surface area contributed by atoms with E-state index in [2.05, 4.69) is 0 Å². The molecule has 0 amide bonds. The van der Waals surface area contributed by atoms with E-state index in [0.717, 1.165) is 6.08 Å². The van der Waals surface area contributed by atoms with Crippen LogP contribution in [0.25, 0.3) is 6.08 Å². The van der Waals surface area contributed by atoms with E-state index >= 15 is 0 Å². The van der Waals surface area contributed by atoms with Crippen molar-refractivity contribution in [3.05, 3.63) is 51.7 Å². The average Bonchev–Trinajstić information content (AvgIpc) is 2.15. The number of carboxylic acids is 1. The van der Waals surface area contributed by atoms with Crippen LogP contribution < -0.4 is 0 Å². The second-order valence-electron chi connectivity index (χ2n) is 2.50. The molecule has 1 rings (SSSR count). The molecule has 1 aromatic rings. The van der Waals surface area contributed by atoms with Gasteiger partial charge in [-0.25, -0.2) is 4.79 Å². The van der Waals surface area contributed by atoms with Gasteiger partial charge < -0.3 is 5.11 Å². The van der Waals surface area contributed by atoms with Crippen molar-refractivity contribution in [3.8, 4) is 0 Å². The molecule has 0 aliphatic rings. The van der Waals surface area contributed by atoms with Gasteiger partial charge in [0.1, 0.15) is 0 Å². The maximum Gasteiger partial charge on any atom is 0.407 e. The normalized spacial score (nSPS) is 11.0. The van der Waals surface area contributed by atoms with Crippen molar-refractivity contribution in [3.63, 3.8) is 0 Å². The van der Waals surface area contributed by atoms with Crippen molar-refractivity contribution in [2.45, 2.75) is 0 Å². The second kappa shape index (κ2) is 4.18. The summed E-state index contributed by atoms with van der Waals surface area (Å²) in [7, 11) is 0. The van der Waals surface area contributed by atoms with E-state index in [9.17, 15) is 14.9 Å². The molecule has 0 aliphatic carbocycles. The lowest BCUT2D eigenvalue weighted by atomic mass is 10.2. The minimum Gasteiger partial charge on any atom is -0.473 e. The number of nitro groups is 1. The number of carbonyl (C=O) groups is 1. The minimum absolute atomic E-state index is 0.488. The van der Waals surface area contributed by atoms with Crippen LogP contribution in [0.3, 0.4) is 0 Å². The molecule has 0 bridgehead atoms. The molecule has 0 aliphatic heterocycles. The summed E-state index contributed by atoms with van der Waals surface area (Å²) in [6.45, 7) is 0. The SMILES string of the molecule is O=C(O)/C(=C/c1ccccc1)[N+](=O)[O-]. The summed E-state index contributed by atoms with van der Waals surface area (Å²) in [5.74, 6) is -1.54. The van der Waals surface area contributed by atoms with Crippen molar-refractivity contribution in [2.24, 2.45) is 0 Å². The predicted octanol–water partition coefficient (Wildman–Crippen LogP) is 1.39. The van der Waals surface area contributed by atoms with Gasteiger partial charge in [0.2, 0.25) is 0 Å². The maximum absolute atomic E-state index is 10.4. The molecule has 0 radical (unpaired) electrons. The first-order valence-corrected chi connectivity index (χ1v) is 3.75. The van der Waals surface area contributed by atoms with Gasteiger partial charge in [-0.1, -0.05) is 30.3 Å². The molecule has 0 heterocycles. The number of hydrogen-bond donors (Lipinski definition) is 1. The highest BCUT2D eigenvalue weighted by Crippen LogP contribution is 2.06. The Balaban J connectivity index is 3.06. The average molecular weight is 193 g/mol. The molecular weight excluding hydrogens is 186 g/mol. The van der Waals surface area contributed by atoms with Crippen LogP contribution in [0, 0.1) is 10.1 Å². The lowest BCUT2D eigenvalue weighted by molar-refractivity contribution is -0.419. The van der Waals surface area contributed by atoms with Crippen LogP contribution in [0.15, 0.2) is 36.0 Å². The summed E-state index contributed by atoms with van der Waals surface area (Å²) in [6.07, 6.45) is 1.02. The Morgan fingerprint density at radius 1 is 1.36 bits per heavy atom. The smallest absolute Gasteiger partial charge is 0.407 e. The van der Waals surface area contributed by atoms with Crippen LogP contribution in [-0.2, 0) is 4.79 Å². The van der Waals surface area contributed by atoms with Crippen LogP contribution in [-0.4, -0.2) is 16.0 Å². The molecule has 5 heteroatoms. The number of carboxylic acid groups (broad SMARTS) is 1. The van der Waals surface area contributed by atoms with Crippen LogP contribution >= 0.6 is 0 Å². The monoisotopic (exact) mass is 193 g/mol. The zero-order valence-electron chi connectivity index (χ0n) is 7.08. The summed E-state index contributed by atoms with van der Waals surface area (Å²) >= 11 is 0. The zero-order valence-corrected chi connectivity index (χ0v) is 7.08. The van der Waals surface area contributed by atoms with Crippen molar-refractivity contribution in [2.75, 3.05) is 0 Å². The Labute approximate surface area is 79.4 Å². The van der Waals surface area contributed by atoms with E-state index in [1.54, 1.807) is 30.3 Å². The molecule has 0 fully saturated rings. The third kappa shape index (κ3) is 2.41. The molecule has 0 spiro atoms. The van der Waals surface area contributed by atoms with Gasteiger partial charge in [-0.15, -0.1) is 0 Å². The summed E-state index contributed by atoms with van der Waals surface area (Å²) < 4.78 is 0. The first-order valence-electron chi connectivity index (χ1n) is 3.75. The Kier molecular flexibility index (Phi) is 2.96. The summed E-state index contributed by atoms with van der Waals surface area (Å²) in [4.78, 5) is 19.8. The van der Waals surface area contributed by atoms with Crippen molar-refractivity contribution < 1.29 is 14.8 Å². The first kappa shape index (κ1) is 9.91. The van der Waals surface area contributed by atoms with E-state index < -0.39 is 16.6 Å². The number of benzene rings is 1. The van der Waals surface area contributed by atoms with Gasteiger partial charge >= 0.3 is 11.7 Å². The van der Waals surface area contributed by atoms with Crippen LogP contribution in [0.2, 0.25) is 0 Å². The molecule has 0 unspecified atom stereocenters. The fraction of sp³-hybridized carbons (Fsp3) is 0. The van der Waals surface area contributed by atoms with E-state index in [0.29, 0.717) is 5.56 Å². The highest BCUT2D eigenvalue weighted by atomic mass is 16.6. The fourth-order valence-corrected chi connectivity index (χ4v) is 0.900. The predicted molar refractivity (Wildman–Crippen MR) is 49.0 cm³/mol. The lowest BCUT2D eigenvalue weighted by Crippen LogP contribution is -2.09. The standard InChI is InChI=1S/C9H7NO4/c11-9(12)8(10(13)14)6-7-4-2-1-3-5-7/h1-6H,(H,11,12)/b8-6-. The topological polar surface area (TPSA) is 80.4 Å². The van der Waals surface area contributed by atoms with Gasteiger partial charge in [0.05, 0.1) is 4.92 Å². The Bertz CT molecular complexity index is 367. The van der Waals surface area contributed by atoms with Crippen molar-refractivity contribution >= 4 is 12.0 Å². The quantitative estimate of drug-likeness (QED) is 0.446. The van der Waals surface area contributed by atoms with Gasteiger partial charge in [0, 0.05) is 6.08 Å². The van der Waals surface area contributed by atoms with E-state index in [1.807, 2.05) is 0 Å². The minimum atomic E-state index is -1.54. The molecule has 0 aromatic heterocycles. The number of nitrogens with zero attached hydrogens (tertiary/aromatic N) is 1. The third-order valence-corrected chi connectivity index (χ3v) is 1.52. The molecule has 0 saturated heterocycles. The molecule has 1 N–H and O–H groups in total. The van der Waals surface area contributed by atoms with E-state index in [4.69, 9.17) is 5.11 Å². The van der Waals surface area contributed by atoms with Gasteiger partial charge in [-0.05, 0) is 5.56 Å². The highest BCUT2D eigenvalue weighted by molar-refractivity contribution is 5.89. The van der Waals surface area contributed by atoms with Gasteiger partial charge in [-0.2, -0.15) is 0 Å². The summed E-state index contributed by atoms with van der Waals surface area (Å²) in [5.41, 5.74) is -0.349. The number of rotatable bonds is 3. The van der Waals surface area contributed by atoms with E-state index in [1.165, 1.54) is 0 Å². The third-order valence-electron chi connectivity index (χ3n) is 1.52. The largest absolute Gasteiger partial charge is 0.473 e. The van der Waals surface area contributed by atoms with Crippen LogP contribution in [0.1, 0.15) is 5.56 Å². The molecule has 1 aromatic carbocycles. The Morgan fingerprint density at radius 3 is 2.36 bits per heavy atom. The molecule has 5 nitrogen and oxygen atoms in total. The van der Waals surface area contributed by atoms with Gasteiger partial charge in [-0.3, -0.25) is 10.1 Å². The molecule has 72 valence electrons. The number of hydrogen-bond acceptors (Lipinski definition) is 3. The summed E-state index contributed by atoms with van der Waals surface area (Å²) in [5, 5.41) is 18.8. The molecule has 14 heavy (non-hydrogen) atoms. The number of aliphatic carboxylic acids is 1. The van der Waals surface area contributed by atoms with Crippen molar-refractivity contribution in [1.29, 1.82) is 0 Å². The van der Waals surface area contributed by atoms with Crippen LogP contribution in [0.4, 0.5) is 0 Å². The Morgan fingerprint density at radius 2 is 1.93 bits per heavy atom. The molecular formula is C9H7NO4. The molecule has 0 saturated carbocycles. The maximum atomic E-state index is 10.4.